The maximum Gasteiger partial charge on any atom is 0.341 e. The number of carbonyl (C=O) groups is 3. The minimum absolute atomic E-state index is 0.565. The van der Waals surface area contributed by atoms with E-state index in [1.807, 2.05) is 0 Å². The van der Waals surface area contributed by atoms with Crippen LogP contribution >= 0.6 is 0 Å². The molecule has 8 heteroatoms. The topological polar surface area (TPSA) is 116 Å². The molecule has 0 aromatic carbocycles. The molecule has 0 bridgehead atoms. The molecular formula is C11H18N2O6. The summed E-state index contributed by atoms with van der Waals surface area (Å²) in [4.78, 5) is 38.7. The van der Waals surface area contributed by atoms with Gasteiger partial charge in [0.05, 0.1) is 5.54 Å². The maximum absolute atomic E-state index is 11.8. The molecule has 8 nitrogen and oxygen atoms in total. The van der Waals surface area contributed by atoms with E-state index >= 15 is 0 Å². The van der Waals surface area contributed by atoms with Crippen LogP contribution in [0.5, 0.6) is 0 Å². The summed E-state index contributed by atoms with van der Waals surface area (Å²) in [7, 11) is 2.36. The summed E-state index contributed by atoms with van der Waals surface area (Å²) in [6.45, 7) is 0. The van der Waals surface area contributed by atoms with E-state index in [0.717, 1.165) is 18.6 Å². The van der Waals surface area contributed by atoms with Crippen molar-refractivity contribution in [2.75, 3.05) is 14.2 Å². The third-order valence-corrected chi connectivity index (χ3v) is 3.28. The van der Waals surface area contributed by atoms with Crippen LogP contribution in [0.2, 0.25) is 0 Å². The number of hydroxylamine groups is 2. The first-order valence-electron chi connectivity index (χ1n) is 5.85. The summed E-state index contributed by atoms with van der Waals surface area (Å²) in [6.07, 6.45) is 1.36. The molecule has 2 rings (SSSR count). The molecule has 2 atom stereocenters. The van der Waals surface area contributed by atoms with Gasteiger partial charge >= 0.3 is 5.97 Å². The van der Waals surface area contributed by atoms with Crippen molar-refractivity contribution in [2.45, 2.75) is 31.0 Å². The first-order valence-corrected chi connectivity index (χ1v) is 5.85. The zero-order valence-electron chi connectivity index (χ0n) is 10.8. The Hall–Kier alpha value is -1.51. The van der Waals surface area contributed by atoms with E-state index in [0.29, 0.717) is 19.1 Å². The highest BCUT2D eigenvalue weighted by molar-refractivity contribution is 6.00. The van der Waals surface area contributed by atoms with Crippen LogP contribution in [0.4, 0.5) is 0 Å². The standard InChI is InChI=1S/C10H14N2O5.CH4O/c1-12-8(15)6(9(16)17-12)7(14)11-10(5-13)3-2-4-10;1-2/h5-6,8,15H,2-4H2,1H3,(H,11,14);2H,1H3. The predicted molar refractivity (Wildman–Crippen MR) is 62.3 cm³/mol. The van der Waals surface area contributed by atoms with Crippen LogP contribution in [-0.4, -0.2) is 59.4 Å². The lowest BCUT2D eigenvalue weighted by Crippen LogP contribution is -2.57. The van der Waals surface area contributed by atoms with E-state index in [2.05, 4.69) is 10.2 Å². The van der Waals surface area contributed by atoms with Crippen LogP contribution in [0, 0.1) is 5.92 Å². The molecule has 2 aliphatic rings. The van der Waals surface area contributed by atoms with Crippen LogP contribution in [0.25, 0.3) is 0 Å². The molecule has 0 aromatic heterocycles. The number of aliphatic hydroxyl groups excluding tert-OH is 2. The number of aldehydes is 1. The lowest BCUT2D eigenvalue weighted by atomic mass is 9.77. The molecule has 2 fully saturated rings. The second-order valence-electron chi connectivity index (χ2n) is 4.46. The third kappa shape index (κ3) is 2.91. The van der Waals surface area contributed by atoms with E-state index in [1.54, 1.807) is 0 Å². The van der Waals surface area contributed by atoms with Gasteiger partial charge in [-0.3, -0.25) is 4.79 Å². The van der Waals surface area contributed by atoms with Crippen LogP contribution < -0.4 is 5.32 Å². The summed E-state index contributed by atoms with van der Waals surface area (Å²) in [6, 6.07) is 0. The van der Waals surface area contributed by atoms with E-state index in [9.17, 15) is 19.5 Å². The van der Waals surface area contributed by atoms with Gasteiger partial charge in [0, 0.05) is 14.2 Å². The van der Waals surface area contributed by atoms with E-state index in [1.165, 1.54) is 7.05 Å². The number of aliphatic hydroxyl groups is 2. The highest BCUT2D eigenvalue weighted by Gasteiger charge is 2.48. The van der Waals surface area contributed by atoms with Gasteiger partial charge in [-0.15, -0.1) is 5.06 Å². The summed E-state index contributed by atoms with van der Waals surface area (Å²) in [5.41, 5.74) is -0.863. The van der Waals surface area contributed by atoms with Crippen LogP contribution in [0.15, 0.2) is 0 Å². The highest BCUT2D eigenvalue weighted by Crippen LogP contribution is 2.31. The predicted octanol–water partition coefficient (Wildman–Crippen LogP) is -1.83. The van der Waals surface area contributed by atoms with E-state index < -0.39 is 29.6 Å². The van der Waals surface area contributed by atoms with Crippen molar-refractivity contribution in [2.24, 2.45) is 5.92 Å². The van der Waals surface area contributed by atoms with Crippen molar-refractivity contribution in [3.63, 3.8) is 0 Å². The largest absolute Gasteiger partial charge is 0.400 e. The monoisotopic (exact) mass is 274 g/mol. The highest BCUT2D eigenvalue weighted by atomic mass is 16.7. The number of amides is 1. The Balaban J connectivity index is 0.000000861. The Bertz CT molecular complexity index is 368. The van der Waals surface area contributed by atoms with Crippen molar-refractivity contribution in [1.29, 1.82) is 0 Å². The van der Waals surface area contributed by atoms with Gasteiger partial charge in [0.15, 0.2) is 12.1 Å². The van der Waals surface area contributed by atoms with E-state index in [-0.39, 0.29) is 0 Å². The molecule has 2 unspecified atom stereocenters. The van der Waals surface area contributed by atoms with Crippen molar-refractivity contribution in [3.05, 3.63) is 0 Å². The Labute approximate surface area is 110 Å². The molecule has 0 radical (unpaired) electrons. The lowest BCUT2D eigenvalue weighted by Gasteiger charge is -2.37. The second kappa shape index (κ2) is 6.09. The average molecular weight is 274 g/mol. The third-order valence-electron chi connectivity index (χ3n) is 3.28. The number of nitrogens with zero attached hydrogens (tertiary/aromatic N) is 1. The Kier molecular flexibility index (Phi) is 4.98. The summed E-state index contributed by atoms with van der Waals surface area (Å²) in [5.74, 6) is -2.77. The molecule has 0 spiro atoms. The summed E-state index contributed by atoms with van der Waals surface area (Å²) < 4.78 is 0. The zero-order chi connectivity index (χ0) is 14.6. The molecule has 0 aromatic rings. The zero-order valence-corrected chi connectivity index (χ0v) is 10.8. The van der Waals surface area contributed by atoms with Gasteiger partial charge in [-0.1, -0.05) is 0 Å². The second-order valence-corrected chi connectivity index (χ2v) is 4.46. The van der Waals surface area contributed by atoms with Crippen LogP contribution in [-0.2, 0) is 19.2 Å². The lowest BCUT2D eigenvalue weighted by molar-refractivity contribution is -0.183. The first-order chi connectivity index (χ1) is 8.99. The maximum atomic E-state index is 11.8. The van der Waals surface area contributed by atoms with Gasteiger partial charge in [-0.2, -0.15) is 0 Å². The fraction of sp³-hybridized carbons (Fsp3) is 0.727. The van der Waals surface area contributed by atoms with Crippen molar-refractivity contribution >= 4 is 18.2 Å². The minimum atomic E-state index is -1.31. The normalized spacial score (nSPS) is 28.5. The van der Waals surface area contributed by atoms with Crippen LogP contribution in [0.1, 0.15) is 19.3 Å². The van der Waals surface area contributed by atoms with Gasteiger partial charge in [-0.05, 0) is 19.3 Å². The number of carbonyl (C=O) groups excluding carboxylic acids is 3. The van der Waals surface area contributed by atoms with Crippen molar-refractivity contribution in [3.8, 4) is 0 Å². The molecule has 1 aliphatic heterocycles. The SMILES string of the molecule is CN1OC(=O)C(C(=O)NC2(C=O)CCC2)C1O.CO. The van der Waals surface area contributed by atoms with Gasteiger partial charge in [0.1, 0.15) is 6.29 Å². The van der Waals surface area contributed by atoms with Gasteiger partial charge in [0.2, 0.25) is 5.91 Å². The summed E-state index contributed by atoms with van der Waals surface area (Å²) >= 11 is 0. The Morgan fingerprint density at radius 1 is 1.53 bits per heavy atom. The molecule has 108 valence electrons. The first kappa shape index (κ1) is 15.5. The molecule has 3 N–H and O–H groups in total. The smallest absolute Gasteiger partial charge is 0.341 e. The number of rotatable bonds is 3. The molecule has 1 amide bonds. The molecule has 1 saturated carbocycles. The fourth-order valence-electron chi connectivity index (χ4n) is 1.98. The van der Waals surface area contributed by atoms with Gasteiger partial charge in [0.25, 0.3) is 0 Å². The Morgan fingerprint density at radius 3 is 2.42 bits per heavy atom. The minimum Gasteiger partial charge on any atom is -0.400 e. The molecule has 1 saturated heterocycles. The van der Waals surface area contributed by atoms with E-state index in [4.69, 9.17) is 5.11 Å². The number of hydrogen-bond acceptors (Lipinski definition) is 7. The van der Waals surface area contributed by atoms with Crippen molar-refractivity contribution in [1.82, 2.24) is 10.4 Å². The molecule has 19 heavy (non-hydrogen) atoms. The Morgan fingerprint density at radius 2 is 2.11 bits per heavy atom. The summed E-state index contributed by atoms with van der Waals surface area (Å²) in [5, 5.41) is 20.0. The quantitative estimate of drug-likeness (QED) is 0.409. The van der Waals surface area contributed by atoms with Crippen molar-refractivity contribution < 1.29 is 29.4 Å². The fourth-order valence-corrected chi connectivity index (χ4v) is 1.98. The van der Waals surface area contributed by atoms with Gasteiger partial charge < -0.3 is 25.2 Å². The number of nitrogens with one attached hydrogen (secondary N) is 1. The van der Waals surface area contributed by atoms with Gasteiger partial charge in [-0.25, -0.2) is 4.79 Å². The molecular weight excluding hydrogens is 256 g/mol. The average Bonchev–Trinajstić information content (AvgIpc) is 2.60. The molecule has 1 aliphatic carbocycles. The van der Waals surface area contributed by atoms with Crippen LogP contribution in [0.3, 0.4) is 0 Å². The number of hydrogen-bond donors (Lipinski definition) is 3. The molecule has 1 heterocycles.